The SMILES string of the molecule is CC[C@@]1(O)C(=O)OCc2c1cc1n(c2=O)Cc2c-1nc1cc(F)c([S@](C)=O)cc1c2[C@@H](C)N. The van der Waals surface area contributed by atoms with Crippen LogP contribution in [0.1, 0.15) is 48.6 Å². The van der Waals surface area contributed by atoms with E-state index < -0.39 is 34.2 Å². The third-order valence-corrected chi connectivity index (χ3v) is 7.48. The summed E-state index contributed by atoms with van der Waals surface area (Å²) < 4.78 is 33.2. The summed E-state index contributed by atoms with van der Waals surface area (Å²) >= 11 is 0. The second kappa shape index (κ2) is 7.28. The molecule has 1 aromatic carbocycles. The van der Waals surface area contributed by atoms with Crippen LogP contribution in [0.3, 0.4) is 0 Å². The first-order valence-electron chi connectivity index (χ1n) is 10.5. The van der Waals surface area contributed by atoms with Crippen LogP contribution in [-0.2, 0) is 39.1 Å². The van der Waals surface area contributed by atoms with Crippen molar-refractivity contribution in [2.24, 2.45) is 5.73 Å². The summed E-state index contributed by atoms with van der Waals surface area (Å²) in [6, 6.07) is 3.84. The molecule has 0 fully saturated rings. The Morgan fingerprint density at radius 2 is 2.06 bits per heavy atom. The van der Waals surface area contributed by atoms with Gasteiger partial charge in [-0.15, -0.1) is 0 Å². The Bertz CT molecular complexity index is 1470. The van der Waals surface area contributed by atoms with Crippen LogP contribution in [0.5, 0.6) is 0 Å². The summed E-state index contributed by atoms with van der Waals surface area (Å²) in [6.45, 7) is 3.36. The molecule has 2 aromatic heterocycles. The topological polar surface area (TPSA) is 125 Å². The second-order valence-corrected chi connectivity index (χ2v) is 9.85. The number of nitrogens with zero attached hydrogens (tertiary/aromatic N) is 2. The van der Waals surface area contributed by atoms with Crippen molar-refractivity contribution in [2.45, 2.75) is 50.0 Å². The fourth-order valence-corrected chi connectivity index (χ4v) is 5.47. The lowest BCUT2D eigenvalue weighted by Crippen LogP contribution is -2.44. The molecular formula is C23H22FN3O5S. The summed E-state index contributed by atoms with van der Waals surface area (Å²) in [6.07, 6.45) is 1.43. The Morgan fingerprint density at radius 1 is 1.33 bits per heavy atom. The van der Waals surface area contributed by atoms with E-state index in [0.717, 1.165) is 0 Å². The van der Waals surface area contributed by atoms with E-state index in [-0.39, 0.29) is 41.2 Å². The number of cyclic esters (lactones) is 1. The van der Waals surface area contributed by atoms with Gasteiger partial charge in [0.05, 0.1) is 44.7 Å². The molecule has 0 unspecified atom stereocenters. The van der Waals surface area contributed by atoms with E-state index in [1.807, 2.05) is 0 Å². The van der Waals surface area contributed by atoms with Gasteiger partial charge in [0, 0.05) is 34.9 Å². The minimum Gasteiger partial charge on any atom is -0.458 e. The molecule has 10 heteroatoms. The molecule has 5 rings (SSSR count). The van der Waals surface area contributed by atoms with Gasteiger partial charge >= 0.3 is 5.97 Å². The quantitative estimate of drug-likeness (QED) is 0.438. The molecule has 0 bridgehead atoms. The lowest BCUT2D eigenvalue weighted by molar-refractivity contribution is -0.172. The van der Waals surface area contributed by atoms with E-state index in [1.54, 1.807) is 19.9 Å². The third-order valence-electron chi connectivity index (χ3n) is 6.55. The number of pyridine rings is 2. The van der Waals surface area contributed by atoms with Crippen LogP contribution in [0.25, 0.3) is 22.3 Å². The van der Waals surface area contributed by atoms with Crippen LogP contribution >= 0.6 is 0 Å². The van der Waals surface area contributed by atoms with Gasteiger partial charge in [-0.05, 0) is 31.0 Å². The first-order valence-corrected chi connectivity index (χ1v) is 12.1. The molecule has 0 saturated heterocycles. The van der Waals surface area contributed by atoms with Crippen molar-refractivity contribution in [3.05, 3.63) is 56.6 Å². The summed E-state index contributed by atoms with van der Waals surface area (Å²) in [5.74, 6) is -1.44. The highest BCUT2D eigenvalue weighted by molar-refractivity contribution is 7.84. The van der Waals surface area contributed by atoms with Crippen LogP contribution in [0, 0.1) is 5.82 Å². The zero-order chi connectivity index (χ0) is 23.8. The number of ether oxygens (including phenoxy) is 1. The first-order chi connectivity index (χ1) is 15.6. The lowest BCUT2D eigenvalue weighted by Gasteiger charge is -2.31. The van der Waals surface area contributed by atoms with Gasteiger partial charge in [-0.1, -0.05) is 6.92 Å². The van der Waals surface area contributed by atoms with Gasteiger partial charge in [0.1, 0.15) is 12.4 Å². The average molecular weight is 472 g/mol. The maximum Gasteiger partial charge on any atom is 0.343 e. The number of benzene rings is 1. The molecule has 8 nitrogen and oxygen atoms in total. The zero-order valence-corrected chi connectivity index (χ0v) is 19.1. The Labute approximate surface area is 190 Å². The number of esters is 1. The number of fused-ring (bicyclic) bond motifs is 5. The number of carbonyl (C=O) groups excluding carboxylic acids is 1. The van der Waals surface area contributed by atoms with Gasteiger partial charge in [-0.25, -0.2) is 14.2 Å². The summed E-state index contributed by atoms with van der Waals surface area (Å²) in [5.41, 5.74) is 6.97. The van der Waals surface area contributed by atoms with Gasteiger partial charge in [0.15, 0.2) is 5.60 Å². The van der Waals surface area contributed by atoms with Gasteiger partial charge < -0.3 is 20.1 Å². The van der Waals surface area contributed by atoms with Crippen LogP contribution in [0.2, 0.25) is 0 Å². The van der Waals surface area contributed by atoms with E-state index in [9.17, 15) is 23.3 Å². The van der Waals surface area contributed by atoms with Crippen molar-refractivity contribution in [2.75, 3.05) is 6.26 Å². The minimum atomic E-state index is -1.93. The number of halogens is 1. The molecule has 2 aliphatic rings. The Kier molecular flexibility index (Phi) is 4.82. The van der Waals surface area contributed by atoms with Crippen molar-refractivity contribution in [1.82, 2.24) is 9.55 Å². The number of hydrogen-bond acceptors (Lipinski definition) is 7. The smallest absolute Gasteiger partial charge is 0.343 e. The van der Waals surface area contributed by atoms with Gasteiger partial charge in [-0.3, -0.25) is 9.00 Å². The largest absolute Gasteiger partial charge is 0.458 e. The van der Waals surface area contributed by atoms with Crippen molar-refractivity contribution in [3.63, 3.8) is 0 Å². The predicted octanol–water partition coefficient (Wildman–Crippen LogP) is 1.98. The normalized spacial score (nSPS) is 20.7. The Hall–Kier alpha value is -2.95. The summed E-state index contributed by atoms with van der Waals surface area (Å²) in [7, 11) is -1.55. The molecule has 4 heterocycles. The number of aliphatic hydroxyl groups is 1. The molecule has 0 spiro atoms. The molecule has 172 valence electrons. The van der Waals surface area contributed by atoms with Crippen LogP contribution < -0.4 is 11.3 Å². The fraction of sp³-hybridized carbons (Fsp3) is 0.348. The van der Waals surface area contributed by atoms with Crippen molar-refractivity contribution in [1.29, 1.82) is 0 Å². The monoisotopic (exact) mass is 471 g/mol. The van der Waals surface area contributed by atoms with Crippen molar-refractivity contribution in [3.8, 4) is 11.4 Å². The summed E-state index contributed by atoms with van der Waals surface area (Å²) in [4.78, 5) is 30.4. The van der Waals surface area contributed by atoms with Gasteiger partial charge in [-0.2, -0.15) is 0 Å². The third kappa shape index (κ3) is 2.94. The van der Waals surface area contributed by atoms with Crippen molar-refractivity contribution < 1.29 is 23.2 Å². The van der Waals surface area contributed by atoms with E-state index in [4.69, 9.17) is 10.5 Å². The highest BCUT2D eigenvalue weighted by atomic mass is 32.2. The zero-order valence-electron chi connectivity index (χ0n) is 18.3. The molecule has 33 heavy (non-hydrogen) atoms. The lowest BCUT2D eigenvalue weighted by atomic mass is 9.86. The van der Waals surface area contributed by atoms with E-state index >= 15 is 0 Å². The van der Waals surface area contributed by atoms with Crippen LogP contribution in [0.15, 0.2) is 27.9 Å². The predicted molar refractivity (Wildman–Crippen MR) is 119 cm³/mol. The highest BCUT2D eigenvalue weighted by Crippen LogP contribution is 2.41. The number of rotatable bonds is 3. The number of nitrogens with two attached hydrogens (primary N) is 1. The van der Waals surface area contributed by atoms with Gasteiger partial charge in [0.25, 0.3) is 5.56 Å². The van der Waals surface area contributed by atoms with Crippen LogP contribution in [-0.4, -0.2) is 31.1 Å². The van der Waals surface area contributed by atoms with Crippen molar-refractivity contribution >= 4 is 27.7 Å². The molecular weight excluding hydrogens is 449 g/mol. The van der Waals surface area contributed by atoms with E-state index in [2.05, 4.69) is 4.98 Å². The molecule has 0 amide bonds. The van der Waals surface area contributed by atoms with Crippen LogP contribution in [0.4, 0.5) is 4.39 Å². The molecule has 2 aliphatic heterocycles. The Balaban J connectivity index is 1.85. The summed E-state index contributed by atoms with van der Waals surface area (Å²) in [5, 5.41) is 11.6. The van der Waals surface area contributed by atoms with Gasteiger partial charge in [0.2, 0.25) is 0 Å². The Morgan fingerprint density at radius 3 is 2.70 bits per heavy atom. The molecule has 3 atom stereocenters. The second-order valence-electron chi connectivity index (χ2n) is 8.50. The number of carbonyl (C=O) groups is 1. The first kappa shape index (κ1) is 21.9. The number of aromatic nitrogens is 2. The molecule has 3 N–H and O–H groups in total. The maximum atomic E-state index is 14.6. The number of hydrogen-bond donors (Lipinski definition) is 2. The molecule has 0 radical (unpaired) electrons. The molecule has 0 saturated carbocycles. The molecule has 3 aromatic rings. The van der Waals surface area contributed by atoms with E-state index in [1.165, 1.54) is 23.0 Å². The standard InChI is InChI=1S/C23H22FN3O5S/c1-4-23(30)14-6-17-20-12(8-27(17)21(28)13(14)9-32-22(23)29)19(10(2)25)11-5-18(33(3)31)15(24)7-16(11)26-20/h5-7,10,30H,4,8-9,25H2,1-3H3/t10-,23+,33+/m1/s1. The highest BCUT2D eigenvalue weighted by Gasteiger charge is 2.45. The molecule has 0 aliphatic carbocycles. The fourth-order valence-electron chi connectivity index (χ4n) is 4.85. The van der Waals surface area contributed by atoms with E-state index in [0.29, 0.717) is 33.4 Å². The maximum absolute atomic E-state index is 14.6. The average Bonchev–Trinajstić information content (AvgIpc) is 3.12. The minimum absolute atomic E-state index is 0.0347.